The Morgan fingerprint density at radius 1 is 0.680 bits per heavy atom. The van der Waals surface area contributed by atoms with Crippen LogP contribution in [0.2, 0.25) is 0 Å². The predicted octanol–water partition coefficient (Wildman–Crippen LogP) is 6.13. The molecule has 0 fully saturated rings. The number of hydrogen-bond donors (Lipinski definition) is 0. The Labute approximate surface area is 140 Å². The Balaban J connectivity index is 4.66. The summed E-state index contributed by atoms with van der Waals surface area (Å²) in [7, 11) is 0. The van der Waals surface area contributed by atoms with Crippen LogP contribution in [0.1, 0.15) is 39.5 Å². The molecule has 0 aromatic rings. The zero-order chi connectivity index (χ0) is 19.9. The maximum Gasteiger partial charge on any atom is 0.422 e. The van der Waals surface area contributed by atoms with Crippen LogP contribution >= 0.6 is 0 Å². The van der Waals surface area contributed by atoms with Crippen LogP contribution in [0.4, 0.5) is 43.9 Å². The third-order valence-corrected chi connectivity index (χ3v) is 4.03. The second-order valence-corrected chi connectivity index (χ2v) is 6.13. The highest BCUT2D eigenvalue weighted by atomic mass is 19.4. The van der Waals surface area contributed by atoms with Gasteiger partial charge in [0.25, 0.3) is 0 Å². The van der Waals surface area contributed by atoms with E-state index in [2.05, 4.69) is 0 Å². The third-order valence-electron chi connectivity index (χ3n) is 4.03. The second-order valence-electron chi connectivity index (χ2n) is 6.13. The molecule has 0 aromatic heterocycles. The zero-order valence-corrected chi connectivity index (χ0v) is 13.7. The normalized spacial score (nSPS) is 22.6. The first kappa shape index (κ1) is 24.3. The summed E-state index contributed by atoms with van der Waals surface area (Å²) in [5, 5.41) is 0. The highest BCUT2D eigenvalue weighted by molar-refractivity contribution is 4.92. The van der Waals surface area contributed by atoms with Crippen molar-refractivity contribution in [2.45, 2.75) is 88.9 Å². The molecule has 0 heterocycles. The van der Waals surface area contributed by atoms with Crippen molar-refractivity contribution in [1.29, 1.82) is 0 Å². The molecular formula is C15H22F10. The molecule has 0 N–H and O–H groups in total. The summed E-state index contributed by atoms with van der Waals surface area (Å²) < 4.78 is 128. The van der Waals surface area contributed by atoms with E-state index in [4.69, 9.17) is 0 Å². The molecule has 152 valence electrons. The average molecular weight is 392 g/mol. The molecule has 0 radical (unpaired) electrons. The van der Waals surface area contributed by atoms with Gasteiger partial charge in [-0.3, -0.25) is 0 Å². The van der Waals surface area contributed by atoms with E-state index >= 15 is 0 Å². The van der Waals surface area contributed by atoms with Crippen LogP contribution in [0, 0.1) is 5.92 Å². The lowest BCUT2D eigenvalue weighted by Crippen LogP contribution is -2.48. The van der Waals surface area contributed by atoms with E-state index in [1.807, 2.05) is 13.8 Å². The SMILES string of the molecule is CCC(C)CCCC(F)C(F)C(F)C(F)C(F)C(F)C(F)C(F)(F)F. The van der Waals surface area contributed by atoms with Crippen molar-refractivity contribution in [3.63, 3.8) is 0 Å². The summed E-state index contributed by atoms with van der Waals surface area (Å²) in [6.45, 7) is 3.69. The van der Waals surface area contributed by atoms with Crippen LogP contribution in [-0.4, -0.2) is 49.4 Å². The summed E-state index contributed by atoms with van der Waals surface area (Å²) in [6, 6.07) is 0. The molecule has 0 aliphatic rings. The largest absolute Gasteiger partial charge is 0.422 e. The monoisotopic (exact) mass is 392 g/mol. The number of rotatable bonds is 11. The van der Waals surface area contributed by atoms with Crippen LogP contribution in [-0.2, 0) is 0 Å². The predicted molar refractivity (Wildman–Crippen MR) is 73.6 cm³/mol. The topological polar surface area (TPSA) is 0 Å². The Morgan fingerprint density at radius 2 is 1.12 bits per heavy atom. The fourth-order valence-corrected chi connectivity index (χ4v) is 2.09. The summed E-state index contributed by atoms with van der Waals surface area (Å²) >= 11 is 0. The minimum atomic E-state index is -5.83. The zero-order valence-electron chi connectivity index (χ0n) is 13.7. The van der Waals surface area contributed by atoms with Gasteiger partial charge in [0.15, 0.2) is 30.9 Å². The lowest BCUT2D eigenvalue weighted by Gasteiger charge is -2.26. The van der Waals surface area contributed by atoms with Gasteiger partial charge in [-0.2, -0.15) is 13.2 Å². The second kappa shape index (κ2) is 10.4. The van der Waals surface area contributed by atoms with Gasteiger partial charge in [-0.1, -0.05) is 33.1 Å². The Bertz CT molecular complexity index is 361. The molecule has 0 amide bonds. The minimum Gasteiger partial charge on any atom is -0.244 e. The molecule has 0 aliphatic heterocycles. The van der Waals surface area contributed by atoms with E-state index in [-0.39, 0.29) is 12.3 Å². The van der Waals surface area contributed by atoms with Crippen LogP contribution in [0.15, 0.2) is 0 Å². The molecule has 0 bridgehead atoms. The number of alkyl halides is 10. The molecule has 10 heteroatoms. The Kier molecular flexibility index (Phi) is 10.2. The third kappa shape index (κ3) is 7.60. The van der Waals surface area contributed by atoms with Gasteiger partial charge < -0.3 is 0 Å². The Hall–Kier alpha value is -0.700. The molecule has 0 saturated heterocycles. The maximum absolute atomic E-state index is 13.5. The highest BCUT2D eigenvalue weighted by Crippen LogP contribution is 2.33. The van der Waals surface area contributed by atoms with E-state index in [1.165, 1.54) is 0 Å². The molecule has 0 saturated carbocycles. The van der Waals surface area contributed by atoms with Gasteiger partial charge in [0, 0.05) is 0 Å². The molecule has 8 unspecified atom stereocenters. The van der Waals surface area contributed by atoms with E-state index < -0.39 is 55.8 Å². The Morgan fingerprint density at radius 3 is 1.56 bits per heavy atom. The quantitative estimate of drug-likeness (QED) is 0.371. The molecule has 0 rings (SSSR count). The first-order valence-electron chi connectivity index (χ1n) is 7.89. The van der Waals surface area contributed by atoms with Crippen LogP contribution in [0.3, 0.4) is 0 Å². The summed E-state index contributed by atoms with van der Waals surface area (Å²) in [6.07, 6.45) is -30.4. The summed E-state index contributed by atoms with van der Waals surface area (Å²) in [5.74, 6) is 0.187. The fourth-order valence-electron chi connectivity index (χ4n) is 2.09. The summed E-state index contributed by atoms with van der Waals surface area (Å²) in [4.78, 5) is 0. The summed E-state index contributed by atoms with van der Waals surface area (Å²) in [5.41, 5.74) is 0. The van der Waals surface area contributed by atoms with Gasteiger partial charge in [0.1, 0.15) is 6.17 Å². The molecule has 8 atom stereocenters. The van der Waals surface area contributed by atoms with Crippen molar-refractivity contribution in [2.24, 2.45) is 5.92 Å². The van der Waals surface area contributed by atoms with Gasteiger partial charge in [-0.25, -0.2) is 30.7 Å². The molecule has 0 aromatic carbocycles. The van der Waals surface area contributed by atoms with Crippen molar-refractivity contribution in [1.82, 2.24) is 0 Å². The molecule has 25 heavy (non-hydrogen) atoms. The minimum absolute atomic E-state index is 0.131. The van der Waals surface area contributed by atoms with Crippen molar-refractivity contribution < 1.29 is 43.9 Å². The van der Waals surface area contributed by atoms with Crippen LogP contribution in [0.5, 0.6) is 0 Å². The van der Waals surface area contributed by atoms with E-state index in [9.17, 15) is 43.9 Å². The fraction of sp³-hybridized carbons (Fsp3) is 1.00. The van der Waals surface area contributed by atoms with E-state index in [0.717, 1.165) is 6.42 Å². The van der Waals surface area contributed by atoms with E-state index in [1.54, 1.807) is 0 Å². The van der Waals surface area contributed by atoms with Gasteiger partial charge in [0.2, 0.25) is 6.17 Å². The van der Waals surface area contributed by atoms with Crippen LogP contribution in [0.25, 0.3) is 0 Å². The number of hydrogen-bond acceptors (Lipinski definition) is 0. The smallest absolute Gasteiger partial charge is 0.244 e. The first-order chi connectivity index (χ1) is 11.3. The van der Waals surface area contributed by atoms with Gasteiger partial charge in [-0.05, 0) is 12.3 Å². The average Bonchev–Trinajstić information content (AvgIpc) is 2.56. The van der Waals surface area contributed by atoms with E-state index in [0.29, 0.717) is 6.42 Å². The van der Waals surface area contributed by atoms with Crippen molar-refractivity contribution >= 4 is 0 Å². The molecule has 0 nitrogen and oxygen atoms in total. The number of halogens is 10. The van der Waals surface area contributed by atoms with Gasteiger partial charge >= 0.3 is 6.18 Å². The highest BCUT2D eigenvalue weighted by Gasteiger charge is 2.53. The lowest BCUT2D eigenvalue weighted by atomic mass is 9.95. The van der Waals surface area contributed by atoms with Crippen molar-refractivity contribution in [3.05, 3.63) is 0 Å². The van der Waals surface area contributed by atoms with Gasteiger partial charge in [-0.15, -0.1) is 0 Å². The first-order valence-corrected chi connectivity index (χ1v) is 7.89. The van der Waals surface area contributed by atoms with Crippen LogP contribution < -0.4 is 0 Å². The lowest BCUT2D eigenvalue weighted by molar-refractivity contribution is -0.206. The standard InChI is InChI=1S/C15H22F10/c1-3-7(2)5-4-6-8(16)9(17)10(18)11(19)12(20)13(21)14(22)15(23,24)25/h7-14H,3-6H2,1-2H3. The van der Waals surface area contributed by atoms with Crippen molar-refractivity contribution in [2.75, 3.05) is 0 Å². The van der Waals surface area contributed by atoms with Crippen molar-refractivity contribution in [3.8, 4) is 0 Å². The molecular weight excluding hydrogens is 370 g/mol. The molecule has 0 spiro atoms. The molecule has 0 aliphatic carbocycles. The maximum atomic E-state index is 13.5. The van der Waals surface area contributed by atoms with Gasteiger partial charge in [0.05, 0.1) is 0 Å².